The molecule has 5 nitrogen and oxygen atoms in total. The van der Waals surface area contributed by atoms with Crippen LogP contribution in [-0.2, 0) is 25.6 Å². The van der Waals surface area contributed by atoms with Gasteiger partial charge in [0.1, 0.15) is 12.1 Å². The summed E-state index contributed by atoms with van der Waals surface area (Å²) >= 11 is 0. The Kier molecular flexibility index (Phi) is 5.44. The van der Waals surface area contributed by atoms with Crippen molar-refractivity contribution in [2.75, 3.05) is 6.61 Å². The Bertz CT molecular complexity index is 765. The Morgan fingerprint density at radius 3 is 2.58 bits per heavy atom. The molecular weight excluding hydrogens is 306 g/mol. The van der Waals surface area contributed by atoms with Crippen LogP contribution in [0.4, 0.5) is 0 Å². The van der Waals surface area contributed by atoms with Gasteiger partial charge >= 0.3 is 11.9 Å². The van der Waals surface area contributed by atoms with Crippen LogP contribution in [-0.4, -0.2) is 28.7 Å². The topological polar surface area (TPSA) is 57.5 Å². The minimum absolute atomic E-state index is 0.116. The number of carbonyl (C=O) groups is 2. The molecule has 0 saturated carbocycles. The van der Waals surface area contributed by atoms with E-state index in [-0.39, 0.29) is 18.5 Å². The van der Waals surface area contributed by atoms with Crippen LogP contribution in [0.25, 0.3) is 17.0 Å². The van der Waals surface area contributed by atoms with Gasteiger partial charge in [0.15, 0.2) is 0 Å². The van der Waals surface area contributed by atoms with Crippen LogP contribution < -0.4 is 0 Å². The number of fused-ring (bicyclic) bond motifs is 1. The molecule has 0 amide bonds. The van der Waals surface area contributed by atoms with Crippen molar-refractivity contribution in [2.45, 2.75) is 39.8 Å². The summed E-state index contributed by atoms with van der Waals surface area (Å²) in [6, 6.07) is 7.71. The third-order valence-electron chi connectivity index (χ3n) is 3.22. The summed E-state index contributed by atoms with van der Waals surface area (Å²) in [5.74, 6) is -0.689. The molecule has 128 valence electrons. The maximum absolute atomic E-state index is 12.1. The van der Waals surface area contributed by atoms with E-state index in [4.69, 9.17) is 9.47 Å². The van der Waals surface area contributed by atoms with E-state index in [1.165, 1.54) is 6.08 Å². The number of nitrogens with zero attached hydrogens (tertiary/aromatic N) is 1. The first-order valence-corrected chi connectivity index (χ1v) is 7.94. The van der Waals surface area contributed by atoms with Crippen molar-refractivity contribution < 1.29 is 19.1 Å². The highest BCUT2D eigenvalue weighted by molar-refractivity contribution is 5.94. The van der Waals surface area contributed by atoms with E-state index >= 15 is 0 Å². The molecule has 1 aromatic heterocycles. The number of rotatable bonds is 5. The number of carbonyl (C=O) groups excluding carboxylic acids is 2. The first kappa shape index (κ1) is 17.8. The molecule has 5 heteroatoms. The molecule has 0 aliphatic rings. The van der Waals surface area contributed by atoms with E-state index in [2.05, 4.69) is 0 Å². The first-order chi connectivity index (χ1) is 11.3. The quantitative estimate of drug-likeness (QED) is 0.622. The summed E-state index contributed by atoms with van der Waals surface area (Å²) in [7, 11) is 0. The van der Waals surface area contributed by atoms with E-state index in [0.717, 1.165) is 16.5 Å². The highest BCUT2D eigenvalue weighted by Crippen LogP contribution is 2.23. The summed E-state index contributed by atoms with van der Waals surface area (Å²) in [5.41, 5.74) is 1.24. The van der Waals surface area contributed by atoms with Gasteiger partial charge in [0.25, 0.3) is 0 Å². The van der Waals surface area contributed by atoms with Gasteiger partial charge in [0, 0.05) is 28.7 Å². The predicted octanol–water partition coefficient (Wildman–Crippen LogP) is 3.56. The first-order valence-electron chi connectivity index (χ1n) is 7.94. The summed E-state index contributed by atoms with van der Waals surface area (Å²) in [6.07, 6.45) is 4.93. The molecule has 0 spiro atoms. The van der Waals surface area contributed by atoms with E-state index in [9.17, 15) is 9.59 Å². The van der Waals surface area contributed by atoms with Crippen LogP contribution in [0.5, 0.6) is 0 Å². The van der Waals surface area contributed by atoms with Gasteiger partial charge in [-0.3, -0.25) is 4.79 Å². The van der Waals surface area contributed by atoms with Gasteiger partial charge in [-0.25, -0.2) is 4.79 Å². The molecule has 0 N–H and O–H groups in total. The average molecular weight is 329 g/mol. The molecule has 0 aliphatic heterocycles. The Labute approximate surface area is 141 Å². The zero-order valence-electron chi connectivity index (χ0n) is 14.5. The Morgan fingerprint density at radius 2 is 1.92 bits per heavy atom. The molecular formula is C19H23NO4. The lowest BCUT2D eigenvalue weighted by Crippen LogP contribution is -2.26. The number of esters is 2. The van der Waals surface area contributed by atoms with Gasteiger partial charge < -0.3 is 14.0 Å². The Balaban J connectivity index is 2.28. The lowest BCUT2D eigenvalue weighted by Gasteiger charge is -2.19. The number of benzene rings is 1. The summed E-state index contributed by atoms with van der Waals surface area (Å²) in [5, 5.41) is 0.960. The monoisotopic (exact) mass is 329 g/mol. The van der Waals surface area contributed by atoms with Crippen LogP contribution in [0.1, 0.15) is 33.3 Å². The van der Waals surface area contributed by atoms with Crippen molar-refractivity contribution in [1.82, 2.24) is 4.57 Å². The smallest absolute Gasteiger partial charge is 0.330 e. The van der Waals surface area contributed by atoms with Crippen LogP contribution in [0.2, 0.25) is 0 Å². The molecule has 1 aromatic carbocycles. The maximum atomic E-state index is 12.1. The van der Waals surface area contributed by atoms with Crippen LogP contribution >= 0.6 is 0 Å². The fourth-order valence-electron chi connectivity index (χ4n) is 2.40. The second kappa shape index (κ2) is 7.34. The normalized spacial score (nSPS) is 11.8. The molecule has 24 heavy (non-hydrogen) atoms. The highest BCUT2D eigenvalue weighted by Gasteiger charge is 2.17. The Morgan fingerprint density at radius 1 is 1.21 bits per heavy atom. The van der Waals surface area contributed by atoms with E-state index < -0.39 is 5.60 Å². The number of hydrogen-bond donors (Lipinski definition) is 0. The maximum Gasteiger partial charge on any atom is 0.330 e. The van der Waals surface area contributed by atoms with Crippen LogP contribution in [0, 0.1) is 0 Å². The fraction of sp³-hybridized carbons (Fsp3) is 0.368. The van der Waals surface area contributed by atoms with Crippen molar-refractivity contribution >= 4 is 28.9 Å². The number of para-hydroxylation sites is 1. The number of aromatic nitrogens is 1. The predicted molar refractivity (Wildman–Crippen MR) is 93.5 cm³/mol. The third kappa shape index (κ3) is 4.72. The minimum Gasteiger partial charge on any atom is -0.463 e. The van der Waals surface area contributed by atoms with Crippen molar-refractivity contribution in [3.8, 4) is 0 Å². The minimum atomic E-state index is -0.521. The van der Waals surface area contributed by atoms with Crippen molar-refractivity contribution in [3.63, 3.8) is 0 Å². The van der Waals surface area contributed by atoms with E-state index in [1.807, 2.05) is 55.8 Å². The molecule has 0 unspecified atom stereocenters. The number of ether oxygens (including phenoxy) is 2. The molecule has 0 fully saturated rings. The molecule has 0 atom stereocenters. The van der Waals surface area contributed by atoms with Crippen molar-refractivity contribution in [1.29, 1.82) is 0 Å². The molecule has 2 rings (SSSR count). The lowest BCUT2D eigenvalue weighted by atomic mass is 10.1. The van der Waals surface area contributed by atoms with Gasteiger partial charge in [-0.2, -0.15) is 0 Å². The SMILES string of the molecule is CCOC(=O)C=Cc1cn(CC(=O)OC(C)(C)C)c2ccccc12. The molecule has 1 heterocycles. The van der Waals surface area contributed by atoms with Crippen LogP contribution in [0.3, 0.4) is 0 Å². The zero-order valence-corrected chi connectivity index (χ0v) is 14.5. The molecule has 2 aromatic rings. The summed E-state index contributed by atoms with van der Waals surface area (Å²) < 4.78 is 12.1. The second-order valence-corrected chi connectivity index (χ2v) is 6.40. The molecule has 0 saturated heterocycles. The molecule has 0 radical (unpaired) electrons. The standard InChI is InChI=1S/C19H23NO4/c1-5-23-17(21)11-10-14-12-20(13-18(22)24-19(2,3)4)16-9-7-6-8-15(14)16/h6-12H,5,13H2,1-4H3. The average Bonchev–Trinajstić information content (AvgIpc) is 2.82. The number of hydrogen-bond acceptors (Lipinski definition) is 4. The van der Waals surface area contributed by atoms with Gasteiger partial charge in [-0.1, -0.05) is 18.2 Å². The van der Waals surface area contributed by atoms with Gasteiger partial charge in [0.2, 0.25) is 0 Å². The molecule has 0 bridgehead atoms. The highest BCUT2D eigenvalue weighted by atomic mass is 16.6. The summed E-state index contributed by atoms with van der Waals surface area (Å²) in [6.45, 7) is 7.73. The largest absolute Gasteiger partial charge is 0.463 e. The third-order valence-corrected chi connectivity index (χ3v) is 3.22. The van der Waals surface area contributed by atoms with Crippen molar-refractivity contribution in [3.05, 3.63) is 42.1 Å². The van der Waals surface area contributed by atoms with Gasteiger partial charge in [0.05, 0.1) is 6.61 Å². The fourth-order valence-corrected chi connectivity index (χ4v) is 2.40. The Hall–Kier alpha value is -2.56. The van der Waals surface area contributed by atoms with Crippen LogP contribution in [0.15, 0.2) is 36.5 Å². The second-order valence-electron chi connectivity index (χ2n) is 6.40. The van der Waals surface area contributed by atoms with Crippen molar-refractivity contribution in [2.24, 2.45) is 0 Å². The lowest BCUT2D eigenvalue weighted by molar-refractivity contribution is -0.155. The zero-order chi connectivity index (χ0) is 17.7. The van der Waals surface area contributed by atoms with Gasteiger partial charge in [-0.05, 0) is 39.8 Å². The van der Waals surface area contributed by atoms with E-state index in [1.54, 1.807) is 13.0 Å². The van der Waals surface area contributed by atoms with E-state index in [0.29, 0.717) is 6.61 Å². The van der Waals surface area contributed by atoms with Gasteiger partial charge in [-0.15, -0.1) is 0 Å². The molecule has 0 aliphatic carbocycles. The summed E-state index contributed by atoms with van der Waals surface area (Å²) in [4.78, 5) is 23.6.